The molecule has 1 aromatic heterocycles. The van der Waals surface area contributed by atoms with Gasteiger partial charge in [0.25, 0.3) is 5.91 Å². The highest BCUT2D eigenvalue weighted by molar-refractivity contribution is 9.10. The third-order valence-corrected chi connectivity index (χ3v) is 4.39. The second-order valence-corrected chi connectivity index (χ2v) is 6.99. The molecule has 0 saturated heterocycles. The highest BCUT2D eigenvalue weighted by Crippen LogP contribution is 2.36. The van der Waals surface area contributed by atoms with Crippen LogP contribution in [0, 0.1) is 0 Å². The maximum absolute atomic E-state index is 13.5. The molecule has 0 saturated carbocycles. The van der Waals surface area contributed by atoms with Crippen LogP contribution in [0.25, 0.3) is 0 Å². The number of halogens is 4. The second kappa shape index (κ2) is 8.52. The van der Waals surface area contributed by atoms with E-state index in [0.29, 0.717) is 5.56 Å². The van der Waals surface area contributed by atoms with Crippen LogP contribution >= 0.6 is 15.9 Å². The zero-order chi connectivity index (χ0) is 21.0. The number of hydrogen-bond acceptors (Lipinski definition) is 3. The normalized spacial score (nSPS) is 11.2. The summed E-state index contributed by atoms with van der Waals surface area (Å²) in [5, 5.41) is 4.66. The Bertz CT molecular complexity index is 1030. The minimum atomic E-state index is -4.73. The summed E-state index contributed by atoms with van der Waals surface area (Å²) in [6, 6.07) is 11.4. The van der Waals surface area contributed by atoms with Gasteiger partial charge < -0.3 is 15.1 Å². The van der Waals surface area contributed by atoms with Crippen molar-refractivity contribution < 1.29 is 27.2 Å². The molecule has 150 valence electrons. The topological polar surface area (TPSA) is 71.3 Å². The maximum Gasteiger partial charge on any atom is 0.418 e. The van der Waals surface area contributed by atoms with Crippen molar-refractivity contribution in [3.63, 3.8) is 0 Å². The highest BCUT2D eigenvalue weighted by Gasteiger charge is 2.34. The fraction of sp³-hybridized carbons (Fsp3) is 0.100. The zero-order valence-corrected chi connectivity index (χ0v) is 16.3. The van der Waals surface area contributed by atoms with Gasteiger partial charge in [0, 0.05) is 10.2 Å². The summed E-state index contributed by atoms with van der Waals surface area (Å²) >= 11 is 3.28. The third-order valence-electron chi connectivity index (χ3n) is 3.89. The van der Waals surface area contributed by atoms with E-state index in [9.17, 15) is 22.8 Å². The van der Waals surface area contributed by atoms with E-state index in [1.165, 1.54) is 24.7 Å². The molecule has 2 aromatic carbocycles. The van der Waals surface area contributed by atoms with Crippen LogP contribution in [-0.2, 0) is 17.4 Å². The van der Waals surface area contributed by atoms with Gasteiger partial charge >= 0.3 is 6.18 Å². The average Bonchev–Trinajstić information content (AvgIpc) is 3.17. The molecule has 0 radical (unpaired) electrons. The van der Waals surface area contributed by atoms with Crippen LogP contribution in [0.4, 0.5) is 24.5 Å². The lowest BCUT2D eigenvalue weighted by Gasteiger charge is -2.16. The van der Waals surface area contributed by atoms with Crippen molar-refractivity contribution in [1.29, 1.82) is 0 Å². The molecule has 0 aliphatic heterocycles. The van der Waals surface area contributed by atoms with Gasteiger partial charge in [0.05, 0.1) is 29.5 Å². The molecule has 0 aliphatic carbocycles. The Balaban J connectivity index is 1.79. The molecule has 0 bridgehead atoms. The fourth-order valence-corrected chi connectivity index (χ4v) is 3.04. The number of amides is 2. The quantitative estimate of drug-likeness (QED) is 0.521. The molecular formula is C20H14BrF3N2O3. The Labute approximate surface area is 172 Å². The van der Waals surface area contributed by atoms with E-state index in [0.717, 1.165) is 16.6 Å². The first-order valence-corrected chi connectivity index (χ1v) is 9.11. The number of benzene rings is 2. The number of nitrogens with one attached hydrogen (secondary N) is 2. The van der Waals surface area contributed by atoms with Crippen molar-refractivity contribution in [2.45, 2.75) is 12.6 Å². The van der Waals surface area contributed by atoms with Crippen molar-refractivity contribution in [3.05, 3.63) is 82.2 Å². The van der Waals surface area contributed by atoms with Gasteiger partial charge in [-0.15, -0.1) is 0 Å². The van der Waals surface area contributed by atoms with Crippen LogP contribution in [-0.4, -0.2) is 11.8 Å². The predicted molar refractivity (Wildman–Crippen MR) is 105 cm³/mol. The lowest BCUT2D eigenvalue weighted by molar-refractivity contribution is -0.136. The van der Waals surface area contributed by atoms with E-state index in [1.54, 1.807) is 24.3 Å². The molecular weight excluding hydrogens is 453 g/mol. The number of furan rings is 1. The van der Waals surface area contributed by atoms with Crippen LogP contribution in [0.2, 0.25) is 0 Å². The van der Waals surface area contributed by atoms with Gasteiger partial charge in [-0.1, -0.05) is 28.1 Å². The van der Waals surface area contributed by atoms with Gasteiger partial charge in [0.15, 0.2) is 0 Å². The van der Waals surface area contributed by atoms with E-state index in [4.69, 9.17) is 4.42 Å². The minimum Gasteiger partial charge on any atom is -0.472 e. The molecule has 2 N–H and O–H groups in total. The molecule has 0 spiro atoms. The molecule has 3 rings (SSSR count). The fourth-order valence-electron chi connectivity index (χ4n) is 2.59. The van der Waals surface area contributed by atoms with E-state index in [-0.39, 0.29) is 23.4 Å². The summed E-state index contributed by atoms with van der Waals surface area (Å²) < 4.78 is 46.0. The summed E-state index contributed by atoms with van der Waals surface area (Å²) in [4.78, 5) is 24.2. The van der Waals surface area contributed by atoms with E-state index >= 15 is 0 Å². The molecule has 3 aromatic rings. The number of carbonyl (C=O) groups is 2. The van der Waals surface area contributed by atoms with Crippen LogP contribution in [0.1, 0.15) is 21.5 Å². The lowest BCUT2D eigenvalue weighted by atomic mass is 10.1. The number of carbonyl (C=O) groups excluding carboxylic acids is 2. The molecule has 0 atom stereocenters. The van der Waals surface area contributed by atoms with Crippen molar-refractivity contribution in [1.82, 2.24) is 0 Å². The molecule has 2 amide bonds. The first-order valence-electron chi connectivity index (χ1n) is 8.31. The van der Waals surface area contributed by atoms with Crippen molar-refractivity contribution in [2.24, 2.45) is 0 Å². The zero-order valence-electron chi connectivity index (χ0n) is 14.7. The molecule has 0 aliphatic rings. The van der Waals surface area contributed by atoms with Crippen molar-refractivity contribution in [2.75, 3.05) is 10.6 Å². The number of alkyl halides is 3. The van der Waals surface area contributed by atoms with Gasteiger partial charge in [-0.25, -0.2) is 0 Å². The van der Waals surface area contributed by atoms with Crippen molar-refractivity contribution >= 4 is 39.1 Å². The SMILES string of the molecule is O=C(Cc1cccc(Br)c1)Nc1ccc(NC(=O)c2ccoc2)cc1C(F)(F)F. The highest BCUT2D eigenvalue weighted by atomic mass is 79.9. The monoisotopic (exact) mass is 466 g/mol. The van der Waals surface area contributed by atoms with Crippen molar-refractivity contribution in [3.8, 4) is 0 Å². The standard InChI is InChI=1S/C20H14BrF3N2O3/c21-14-3-1-2-12(8-14)9-18(27)26-17-5-4-15(10-16(17)20(22,23)24)25-19(28)13-6-7-29-11-13/h1-8,10-11H,9H2,(H,25,28)(H,26,27). The van der Waals surface area contributed by atoms with E-state index < -0.39 is 23.6 Å². The first kappa shape index (κ1) is 20.7. The number of anilines is 2. The number of hydrogen-bond donors (Lipinski definition) is 2. The molecule has 0 fully saturated rings. The first-order chi connectivity index (χ1) is 13.7. The number of rotatable bonds is 5. The summed E-state index contributed by atoms with van der Waals surface area (Å²) in [5.74, 6) is -1.21. The molecule has 5 nitrogen and oxygen atoms in total. The second-order valence-electron chi connectivity index (χ2n) is 6.08. The van der Waals surface area contributed by atoms with E-state index in [2.05, 4.69) is 26.6 Å². The summed E-state index contributed by atoms with van der Waals surface area (Å²) in [6.45, 7) is 0. The summed E-state index contributed by atoms with van der Waals surface area (Å²) in [5.41, 5.74) is -0.697. The predicted octanol–water partition coefficient (Wildman–Crippen LogP) is 5.49. The molecule has 1 heterocycles. The Kier molecular flexibility index (Phi) is 6.07. The largest absolute Gasteiger partial charge is 0.472 e. The van der Waals surface area contributed by atoms with Gasteiger partial charge in [-0.2, -0.15) is 13.2 Å². The Morgan fingerprint density at radius 1 is 1.03 bits per heavy atom. The summed E-state index contributed by atoms with van der Waals surface area (Å²) in [6.07, 6.45) is -2.36. The third kappa shape index (κ3) is 5.47. The average molecular weight is 467 g/mol. The van der Waals surface area contributed by atoms with Crippen LogP contribution < -0.4 is 10.6 Å². The Morgan fingerprint density at radius 2 is 1.83 bits per heavy atom. The molecule has 29 heavy (non-hydrogen) atoms. The van der Waals surface area contributed by atoms with E-state index in [1.807, 2.05) is 0 Å². The molecule has 9 heteroatoms. The smallest absolute Gasteiger partial charge is 0.418 e. The van der Waals surface area contributed by atoms with Crippen LogP contribution in [0.5, 0.6) is 0 Å². The Morgan fingerprint density at radius 3 is 2.48 bits per heavy atom. The van der Waals surface area contributed by atoms with Gasteiger partial charge in [0.1, 0.15) is 6.26 Å². The minimum absolute atomic E-state index is 0.0616. The summed E-state index contributed by atoms with van der Waals surface area (Å²) in [7, 11) is 0. The van der Waals surface area contributed by atoms with Crippen LogP contribution in [0.15, 0.2) is 69.9 Å². The maximum atomic E-state index is 13.5. The lowest BCUT2D eigenvalue weighted by Crippen LogP contribution is -2.19. The Hall–Kier alpha value is -3.07. The van der Waals surface area contributed by atoms with Gasteiger partial charge in [0.2, 0.25) is 5.91 Å². The molecule has 0 unspecified atom stereocenters. The van der Waals surface area contributed by atoms with Crippen LogP contribution in [0.3, 0.4) is 0 Å². The van der Waals surface area contributed by atoms with Gasteiger partial charge in [-0.3, -0.25) is 9.59 Å². The van der Waals surface area contributed by atoms with Gasteiger partial charge in [-0.05, 0) is 42.0 Å².